The Morgan fingerprint density at radius 1 is 1.42 bits per heavy atom. The van der Waals surface area contributed by atoms with Crippen molar-refractivity contribution < 1.29 is 9.69 Å². The zero-order valence-corrected chi connectivity index (χ0v) is 15.6. The molecule has 0 saturated carbocycles. The molecule has 2 atom stereocenters. The van der Waals surface area contributed by atoms with Crippen molar-refractivity contribution in [2.24, 2.45) is 0 Å². The zero-order chi connectivity index (χ0) is 17.9. The van der Waals surface area contributed by atoms with Crippen molar-refractivity contribution in [2.45, 2.75) is 18.9 Å². The summed E-state index contributed by atoms with van der Waals surface area (Å²) in [4.78, 5) is 19.3. The molecule has 6 nitrogen and oxygen atoms in total. The second kappa shape index (κ2) is 7.57. The topological polar surface area (TPSA) is 64.2 Å². The van der Waals surface area contributed by atoms with Gasteiger partial charge in [0.2, 0.25) is 0 Å². The van der Waals surface area contributed by atoms with Gasteiger partial charge in [-0.3, -0.25) is 4.79 Å². The highest BCUT2D eigenvalue weighted by Crippen LogP contribution is 2.25. The minimum Gasteiger partial charge on any atom is -0.320 e. The Bertz CT molecular complexity index is 881. The van der Waals surface area contributed by atoms with Crippen LogP contribution in [0.5, 0.6) is 0 Å². The van der Waals surface area contributed by atoms with Gasteiger partial charge in [-0.1, -0.05) is 17.7 Å². The average molecular weight is 389 g/mol. The standard InChI is InChI=1S/C18H18ClN5OS/c19-13-5-6-15(24-12-20-11-21-24)14(9-13)22-18(25)10-23-7-1-3-16(23)17-4-2-8-26-17/h2,4-6,8-9,11-12,16H,1,3,7,10H2,(H,22,25)/p+1/t16-/m0/s1. The molecule has 8 heteroatoms. The molecule has 0 bridgehead atoms. The van der Waals surface area contributed by atoms with Gasteiger partial charge in [0.15, 0.2) is 6.54 Å². The first-order valence-corrected chi connectivity index (χ1v) is 9.79. The van der Waals surface area contributed by atoms with Crippen molar-refractivity contribution in [1.82, 2.24) is 14.8 Å². The quantitative estimate of drug-likeness (QED) is 0.705. The number of carbonyl (C=O) groups is 1. The lowest BCUT2D eigenvalue weighted by molar-refractivity contribution is -0.910. The molecule has 1 aromatic carbocycles. The predicted molar refractivity (Wildman–Crippen MR) is 102 cm³/mol. The number of aromatic nitrogens is 3. The van der Waals surface area contributed by atoms with E-state index in [-0.39, 0.29) is 5.91 Å². The van der Waals surface area contributed by atoms with Gasteiger partial charge in [0.25, 0.3) is 5.91 Å². The highest BCUT2D eigenvalue weighted by molar-refractivity contribution is 7.10. The maximum absolute atomic E-state index is 12.7. The van der Waals surface area contributed by atoms with Gasteiger partial charge in [-0.25, -0.2) is 9.67 Å². The summed E-state index contributed by atoms with van der Waals surface area (Å²) in [5.41, 5.74) is 1.38. The lowest BCUT2D eigenvalue weighted by Crippen LogP contribution is -3.11. The number of carbonyl (C=O) groups excluding carboxylic acids is 1. The summed E-state index contributed by atoms with van der Waals surface area (Å²) in [5, 5.41) is 9.81. The minimum absolute atomic E-state index is 0.0212. The number of anilines is 1. The highest BCUT2D eigenvalue weighted by atomic mass is 35.5. The molecular weight excluding hydrogens is 370 g/mol. The van der Waals surface area contributed by atoms with E-state index < -0.39 is 0 Å². The molecule has 3 heterocycles. The molecule has 0 aliphatic carbocycles. The molecule has 2 aromatic heterocycles. The van der Waals surface area contributed by atoms with Gasteiger partial charge in [0.1, 0.15) is 18.7 Å². The predicted octanol–water partition coefficient (Wildman–Crippen LogP) is 2.34. The van der Waals surface area contributed by atoms with E-state index in [2.05, 4.69) is 32.9 Å². The van der Waals surface area contributed by atoms with Crippen LogP contribution in [0.3, 0.4) is 0 Å². The van der Waals surface area contributed by atoms with Gasteiger partial charge in [-0.15, -0.1) is 11.3 Å². The number of amides is 1. The summed E-state index contributed by atoms with van der Waals surface area (Å²) in [6.45, 7) is 1.45. The second-order valence-corrected chi connectivity index (χ2v) is 7.76. The summed E-state index contributed by atoms with van der Waals surface area (Å²) in [5.74, 6) is -0.0212. The Morgan fingerprint density at radius 3 is 3.12 bits per heavy atom. The van der Waals surface area contributed by atoms with Crippen LogP contribution in [0.2, 0.25) is 5.02 Å². The van der Waals surface area contributed by atoms with E-state index in [1.807, 2.05) is 6.07 Å². The monoisotopic (exact) mass is 388 g/mol. The highest BCUT2D eigenvalue weighted by Gasteiger charge is 2.32. The van der Waals surface area contributed by atoms with Crippen molar-refractivity contribution in [2.75, 3.05) is 18.4 Å². The Hall–Kier alpha value is -2.22. The zero-order valence-electron chi connectivity index (χ0n) is 14.1. The molecule has 3 aromatic rings. The van der Waals surface area contributed by atoms with Crippen LogP contribution in [-0.4, -0.2) is 33.8 Å². The Labute approximate surface area is 160 Å². The molecule has 1 saturated heterocycles. The fraction of sp³-hybridized carbons (Fsp3) is 0.278. The van der Waals surface area contributed by atoms with Crippen molar-refractivity contribution in [3.8, 4) is 5.69 Å². The Kier molecular flexibility index (Phi) is 5.01. The third kappa shape index (κ3) is 3.65. The van der Waals surface area contributed by atoms with Crippen LogP contribution < -0.4 is 10.2 Å². The van der Waals surface area contributed by atoms with Crippen molar-refractivity contribution in [3.63, 3.8) is 0 Å². The number of halogens is 1. The number of nitrogens with zero attached hydrogens (tertiary/aromatic N) is 3. The largest absolute Gasteiger partial charge is 0.320 e. The third-order valence-corrected chi connectivity index (χ3v) is 5.88. The molecular formula is C18H19ClN5OS+. The fourth-order valence-electron chi connectivity index (χ4n) is 3.50. The van der Waals surface area contributed by atoms with Gasteiger partial charge in [0, 0.05) is 17.9 Å². The minimum atomic E-state index is -0.0212. The fourth-order valence-corrected chi connectivity index (χ4v) is 4.59. The number of hydrogen-bond acceptors (Lipinski definition) is 4. The molecule has 1 amide bonds. The van der Waals surface area contributed by atoms with Crippen LogP contribution in [0.25, 0.3) is 5.69 Å². The molecule has 0 spiro atoms. The van der Waals surface area contributed by atoms with Crippen LogP contribution in [0.15, 0.2) is 48.4 Å². The number of quaternary nitrogens is 1. The number of likely N-dealkylation sites (tertiary alicyclic amines) is 1. The Morgan fingerprint density at radius 2 is 2.35 bits per heavy atom. The average Bonchev–Trinajstić information content (AvgIpc) is 3.37. The maximum Gasteiger partial charge on any atom is 0.279 e. The first-order valence-electron chi connectivity index (χ1n) is 8.53. The summed E-state index contributed by atoms with van der Waals surface area (Å²) in [6, 6.07) is 9.99. The molecule has 1 fully saturated rings. The van der Waals surface area contributed by atoms with Crippen molar-refractivity contribution >= 4 is 34.5 Å². The summed E-state index contributed by atoms with van der Waals surface area (Å²) >= 11 is 7.89. The SMILES string of the molecule is O=C(C[NH+]1CCC[C@H]1c1cccs1)Nc1cc(Cl)ccc1-n1cncn1. The van der Waals surface area contributed by atoms with Crippen LogP contribution in [-0.2, 0) is 4.79 Å². The van der Waals surface area contributed by atoms with E-state index in [1.54, 1.807) is 34.5 Å². The summed E-state index contributed by atoms with van der Waals surface area (Å²) in [7, 11) is 0. The van der Waals surface area contributed by atoms with Crippen molar-refractivity contribution in [1.29, 1.82) is 0 Å². The van der Waals surface area contributed by atoms with Gasteiger partial charge in [0.05, 0.1) is 22.8 Å². The van der Waals surface area contributed by atoms with Crippen molar-refractivity contribution in [3.05, 3.63) is 58.3 Å². The molecule has 4 rings (SSSR count). The van der Waals surface area contributed by atoms with Crippen LogP contribution in [0.4, 0.5) is 5.69 Å². The van der Waals surface area contributed by atoms with Gasteiger partial charge >= 0.3 is 0 Å². The van der Waals surface area contributed by atoms with E-state index in [0.29, 0.717) is 23.3 Å². The number of nitrogens with one attached hydrogen (secondary N) is 2. The molecule has 1 aliphatic heterocycles. The molecule has 1 aliphatic rings. The lowest BCUT2D eigenvalue weighted by atomic mass is 10.2. The number of benzene rings is 1. The Balaban J connectivity index is 1.49. The van der Waals surface area contributed by atoms with Gasteiger partial charge < -0.3 is 10.2 Å². The molecule has 2 N–H and O–H groups in total. The van der Waals surface area contributed by atoms with E-state index in [4.69, 9.17) is 11.6 Å². The summed E-state index contributed by atoms with van der Waals surface area (Å²) < 4.78 is 1.61. The first-order chi connectivity index (χ1) is 12.7. The van der Waals surface area contributed by atoms with Gasteiger partial charge in [-0.05, 0) is 29.6 Å². The van der Waals surface area contributed by atoms with E-state index in [9.17, 15) is 4.79 Å². The van der Waals surface area contributed by atoms with Gasteiger partial charge in [-0.2, -0.15) is 5.10 Å². The molecule has 134 valence electrons. The van der Waals surface area contributed by atoms with Crippen LogP contribution in [0, 0.1) is 0 Å². The van der Waals surface area contributed by atoms with E-state index in [0.717, 1.165) is 25.1 Å². The lowest BCUT2D eigenvalue weighted by Gasteiger charge is -2.20. The smallest absolute Gasteiger partial charge is 0.279 e. The molecule has 26 heavy (non-hydrogen) atoms. The summed E-state index contributed by atoms with van der Waals surface area (Å²) in [6.07, 6.45) is 5.33. The normalized spacial score (nSPS) is 19.6. The maximum atomic E-state index is 12.7. The van der Waals surface area contributed by atoms with Crippen LogP contribution in [0.1, 0.15) is 23.8 Å². The first kappa shape index (κ1) is 17.2. The second-order valence-electron chi connectivity index (χ2n) is 6.34. The van der Waals surface area contributed by atoms with Crippen LogP contribution >= 0.6 is 22.9 Å². The van der Waals surface area contributed by atoms with E-state index in [1.165, 1.54) is 16.1 Å². The molecule has 0 radical (unpaired) electrons. The van der Waals surface area contributed by atoms with E-state index >= 15 is 0 Å². The third-order valence-electron chi connectivity index (χ3n) is 4.66. The number of thiophene rings is 1. The number of hydrogen-bond donors (Lipinski definition) is 2. The number of rotatable bonds is 5. The molecule has 1 unspecified atom stereocenters.